The lowest BCUT2D eigenvalue weighted by Crippen LogP contribution is -2.16. The van der Waals surface area contributed by atoms with Crippen LogP contribution in [-0.2, 0) is 19.1 Å². The van der Waals surface area contributed by atoms with E-state index >= 15 is 0 Å². The summed E-state index contributed by atoms with van der Waals surface area (Å²) in [7, 11) is 0. The van der Waals surface area contributed by atoms with Crippen LogP contribution in [0, 0.1) is 11.8 Å². The molecular weight excluding hydrogens is 256 g/mol. The van der Waals surface area contributed by atoms with E-state index in [0.717, 1.165) is 25.7 Å². The lowest BCUT2D eigenvalue weighted by molar-refractivity contribution is -0.148. The van der Waals surface area contributed by atoms with Crippen LogP contribution < -0.4 is 0 Å². The SMILES string of the molecule is CCCC(CC)C(=O)OCC.CCOC(=O)C(C)CC. The van der Waals surface area contributed by atoms with E-state index in [2.05, 4.69) is 6.92 Å². The second-order valence-corrected chi connectivity index (χ2v) is 4.71. The Kier molecular flexibility index (Phi) is 15.2. The molecule has 0 aromatic heterocycles. The first kappa shape index (κ1) is 21.2. The first-order valence-corrected chi connectivity index (χ1v) is 7.81. The quantitative estimate of drug-likeness (QED) is 0.634. The van der Waals surface area contributed by atoms with E-state index < -0.39 is 0 Å². The summed E-state index contributed by atoms with van der Waals surface area (Å²) in [5.74, 6) is 0.0711. The zero-order chi connectivity index (χ0) is 16.0. The number of esters is 2. The van der Waals surface area contributed by atoms with Crippen molar-refractivity contribution >= 4 is 11.9 Å². The van der Waals surface area contributed by atoms with Crippen LogP contribution in [-0.4, -0.2) is 25.2 Å². The molecule has 0 amide bonds. The smallest absolute Gasteiger partial charge is 0.308 e. The van der Waals surface area contributed by atoms with Crippen LogP contribution in [0.5, 0.6) is 0 Å². The van der Waals surface area contributed by atoms with Gasteiger partial charge in [-0.2, -0.15) is 0 Å². The van der Waals surface area contributed by atoms with Gasteiger partial charge in [-0.3, -0.25) is 9.59 Å². The summed E-state index contributed by atoms with van der Waals surface area (Å²) in [6.45, 7) is 12.6. The highest BCUT2D eigenvalue weighted by Crippen LogP contribution is 2.12. The Bertz CT molecular complexity index is 251. The standard InChI is InChI=1S/C9H18O2.C7H14O2/c1-4-7-8(5-2)9(10)11-6-3;1-4-6(3)7(8)9-5-2/h8H,4-7H2,1-3H3;6H,4-5H2,1-3H3. The molecule has 0 aliphatic carbocycles. The molecule has 0 aromatic carbocycles. The highest BCUT2D eigenvalue weighted by Gasteiger charge is 2.15. The summed E-state index contributed by atoms with van der Waals surface area (Å²) < 4.78 is 9.66. The van der Waals surface area contributed by atoms with Crippen LogP contribution in [0.4, 0.5) is 0 Å². The van der Waals surface area contributed by atoms with Crippen molar-refractivity contribution < 1.29 is 19.1 Å². The van der Waals surface area contributed by atoms with Gasteiger partial charge in [-0.05, 0) is 33.1 Å². The molecule has 4 nitrogen and oxygen atoms in total. The highest BCUT2D eigenvalue weighted by molar-refractivity contribution is 5.72. The second-order valence-electron chi connectivity index (χ2n) is 4.71. The van der Waals surface area contributed by atoms with Crippen LogP contribution in [0.2, 0.25) is 0 Å². The molecule has 0 rings (SSSR count). The van der Waals surface area contributed by atoms with Gasteiger partial charge < -0.3 is 9.47 Å². The Labute approximate surface area is 124 Å². The molecule has 0 spiro atoms. The van der Waals surface area contributed by atoms with E-state index in [-0.39, 0.29) is 23.8 Å². The number of hydrogen-bond donors (Lipinski definition) is 0. The summed E-state index contributed by atoms with van der Waals surface area (Å²) in [6.07, 6.45) is 3.76. The third-order valence-electron chi connectivity index (χ3n) is 3.05. The second kappa shape index (κ2) is 14.4. The summed E-state index contributed by atoms with van der Waals surface area (Å²) in [6, 6.07) is 0. The number of carbonyl (C=O) groups excluding carboxylic acids is 2. The fraction of sp³-hybridized carbons (Fsp3) is 0.875. The Morgan fingerprint density at radius 1 is 0.850 bits per heavy atom. The topological polar surface area (TPSA) is 52.6 Å². The maximum absolute atomic E-state index is 11.1. The van der Waals surface area contributed by atoms with E-state index in [9.17, 15) is 9.59 Å². The summed E-state index contributed by atoms with van der Waals surface area (Å²) in [4.78, 5) is 21.9. The average molecular weight is 288 g/mol. The number of carbonyl (C=O) groups is 2. The van der Waals surface area contributed by atoms with Gasteiger partial charge in [0.05, 0.1) is 25.0 Å². The summed E-state index contributed by atoms with van der Waals surface area (Å²) >= 11 is 0. The predicted molar refractivity (Wildman–Crippen MR) is 81.4 cm³/mol. The zero-order valence-electron chi connectivity index (χ0n) is 14.0. The Morgan fingerprint density at radius 2 is 1.35 bits per heavy atom. The third kappa shape index (κ3) is 10.8. The molecule has 0 saturated heterocycles. The molecule has 2 atom stereocenters. The average Bonchev–Trinajstić information content (AvgIpc) is 2.44. The molecule has 120 valence electrons. The van der Waals surface area contributed by atoms with Gasteiger partial charge in [-0.15, -0.1) is 0 Å². The normalized spacial score (nSPS) is 12.7. The fourth-order valence-electron chi connectivity index (χ4n) is 1.55. The molecular formula is C16H32O4. The Hall–Kier alpha value is -1.06. The van der Waals surface area contributed by atoms with Crippen molar-refractivity contribution in [3.8, 4) is 0 Å². The van der Waals surface area contributed by atoms with Gasteiger partial charge in [-0.25, -0.2) is 0 Å². The number of hydrogen-bond acceptors (Lipinski definition) is 4. The minimum absolute atomic E-state index is 0.0307. The van der Waals surface area contributed by atoms with Crippen LogP contribution in [0.1, 0.15) is 67.2 Å². The van der Waals surface area contributed by atoms with Crippen molar-refractivity contribution in [1.29, 1.82) is 0 Å². The largest absolute Gasteiger partial charge is 0.466 e. The van der Waals surface area contributed by atoms with Crippen LogP contribution in [0.25, 0.3) is 0 Å². The van der Waals surface area contributed by atoms with Crippen molar-refractivity contribution in [2.24, 2.45) is 11.8 Å². The molecule has 0 N–H and O–H groups in total. The summed E-state index contributed by atoms with van der Waals surface area (Å²) in [5.41, 5.74) is 0. The first-order valence-electron chi connectivity index (χ1n) is 7.81. The monoisotopic (exact) mass is 288 g/mol. The lowest BCUT2D eigenvalue weighted by Gasteiger charge is -2.11. The fourth-order valence-corrected chi connectivity index (χ4v) is 1.55. The van der Waals surface area contributed by atoms with Gasteiger partial charge >= 0.3 is 11.9 Å². The minimum atomic E-state index is -0.0833. The number of ether oxygens (including phenoxy) is 2. The predicted octanol–water partition coefficient (Wildman–Crippen LogP) is 3.97. The molecule has 0 bridgehead atoms. The van der Waals surface area contributed by atoms with Gasteiger partial charge in [0, 0.05) is 0 Å². The summed E-state index contributed by atoms with van der Waals surface area (Å²) in [5, 5.41) is 0. The van der Waals surface area contributed by atoms with E-state index in [0.29, 0.717) is 13.2 Å². The van der Waals surface area contributed by atoms with Crippen molar-refractivity contribution in [3.05, 3.63) is 0 Å². The van der Waals surface area contributed by atoms with Crippen molar-refractivity contribution in [2.45, 2.75) is 67.2 Å². The van der Waals surface area contributed by atoms with Crippen LogP contribution >= 0.6 is 0 Å². The first-order chi connectivity index (χ1) is 9.48. The molecule has 0 aliphatic rings. The lowest BCUT2D eigenvalue weighted by atomic mass is 10.0. The molecule has 4 heteroatoms. The number of rotatable bonds is 8. The molecule has 0 aliphatic heterocycles. The molecule has 2 unspecified atom stereocenters. The minimum Gasteiger partial charge on any atom is -0.466 e. The molecule has 0 radical (unpaired) electrons. The van der Waals surface area contributed by atoms with Crippen LogP contribution in [0.15, 0.2) is 0 Å². The Morgan fingerprint density at radius 3 is 1.70 bits per heavy atom. The molecule has 0 aromatic rings. The molecule has 0 fully saturated rings. The van der Waals surface area contributed by atoms with E-state index in [1.807, 2.05) is 34.6 Å². The van der Waals surface area contributed by atoms with Crippen molar-refractivity contribution in [2.75, 3.05) is 13.2 Å². The van der Waals surface area contributed by atoms with Gasteiger partial charge in [0.1, 0.15) is 0 Å². The maximum Gasteiger partial charge on any atom is 0.308 e. The van der Waals surface area contributed by atoms with E-state index in [4.69, 9.17) is 9.47 Å². The van der Waals surface area contributed by atoms with Gasteiger partial charge in [0.25, 0.3) is 0 Å². The van der Waals surface area contributed by atoms with E-state index in [1.165, 1.54) is 0 Å². The van der Waals surface area contributed by atoms with Gasteiger partial charge in [0.15, 0.2) is 0 Å². The molecule has 0 saturated carbocycles. The Balaban J connectivity index is 0. The molecule has 20 heavy (non-hydrogen) atoms. The van der Waals surface area contributed by atoms with Crippen LogP contribution in [0.3, 0.4) is 0 Å². The molecule has 0 heterocycles. The van der Waals surface area contributed by atoms with Gasteiger partial charge in [-0.1, -0.05) is 34.1 Å². The van der Waals surface area contributed by atoms with Gasteiger partial charge in [0.2, 0.25) is 0 Å². The van der Waals surface area contributed by atoms with Crippen molar-refractivity contribution in [3.63, 3.8) is 0 Å². The van der Waals surface area contributed by atoms with E-state index in [1.54, 1.807) is 0 Å². The third-order valence-corrected chi connectivity index (χ3v) is 3.05. The maximum atomic E-state index is 11.1. The highest BCUT2D eigenvalue weighted by atomic mass is 16.5. The van der Waals surface area contributed by atoms with Crippen molar-refractivity contribution in [1.82, 2.24) is 0 Å². The zero-order valence-corrected chi connectivity index (χ0v) is 14.0.